The number of aliphatic hydroxyl groups excluding tert-OH is 1. The third-order valence-corrected chi connectivity index (χ3v) is 2.42. The van der Waals surface area contributed by atoms with Crippen molar-refractivity contribution >= 4 is 0 Å². The molecule has 0 saturated heterocycles. The van der Waals surface area contributed by atoms with Gasteiger partial charge in [-0.15, -0.1) is 0 Å². The number of phenols is 1. The largest absolute Gasteiger partial charge is 0.508 e. The summed E-state index contributed by atoms with van der Waals surface area (Å²) < 4.78 is 0. The molecule has 0 amide bonds. The van der Waals surface area contributed by atoms with E-state index in [1.54, 1.807) is 6.07 Å². The van der Waals surface area contributed by atoms with Gasteiger partial charge in [-0.05, 0) is 43.0 Å². The molecular formula is C11H17NO2. The van der Waals surface area contributed by atoms with Crippen LogP contribution < -0.4 is 5.73 Å². The Morgan fingerprint density at radius 3 is 2.50 bits per heavy atom. The van der Waals surface area contributed by atoms with Crippen LogP contribution in [-0.4, -0.2) is 16.8 Å². The highest BCUT2D eigenvalue weighted by molar-refractivity contribution is 5.41. The van der Waals surface area contributed by atoms with Crippen molar-refractivity contribution in [2.24, 2.45) is 5.73 Å². The van der Waals surface area contributed by atoms with E-state index in [9.17, 15) is 5.11 Å². The lowest BCUT2D eigenvalue weighted by Crippen LogP contribution is -2.13. The zero-order valence-electron chi connectivity index (χ0n) is 8.62. The molecule has 1 rings (SSSR count). The number of hydrogen-bond acceptors (Lipinski definition) is 3. The molecule has 1 aromatic carbocycles. The molecular weight excluding hydrogens is 178 g/mol. The lowest BCUT2D eigenvalue weighted by Gasteiger charge is -2.15. The van der Waals surface area contributed by atoms with Crippen molar-refractivity contribution in [1.82, 2.24) is 0 Å². The fourth-order valence-electron chi connectivity index (χ4n) is 1.52. The van der Waals surface area contributed by atoms with Gasteiger partial charge in [0.15, 0.2) is 0 Å². The van der Waals surface area contributed by atoms with Crippen molar-refractivity contribution in [2.75, 3.05) is 6.61 Å². The van der Waals surface area contributed by atoms with E-state index in [0.29, 0.717) is 12.2 Å². The van der Waals surface area contributed by atoms with Crippen LogP contribution in [0.2, 0.25) is 0 Å². The first-order chi connectivity index (χ1) is 6.56. The standard InChI is InChI=1S/C11H17NO2/c1-7-6-11(14)8(2)5-9(7)10(12)3-4-13/h5-6,10,13-14H,3-4,12H2,1-2H3. The highest BCUT2D eigenvalue weighted by Gasteiger charge is 2.10. The molecule has 0 spiro atoms. The van der Waals surface area contributed by atoms with Gasteiger partial charge in [-0.25, -0.2) is 0 Å². The fourth-order valence-corrected chi connectivity index (χ4v) is 1.52. The second-order valence-corrected chi connectivity index (χ2v) is 3.61. The molecule has 0 radical (unpaired) electrons. The summed E-state index contributed by atoms with van der Waals surface area (Å²) in [5, 5.41) is 18.2. The Hall–Kier alpha value is -1.06. The van der Waals surface area contributed by atoms with Crippen LogP contribution in [0.1, 0.15) is 29.2 Å². The van der Waals surface area contributed by atoms with Gasteiger partial charge in [0.05, 0.1) is 0 Å². The van der Waals surface area contributed by atoms with Crippen LogP contribution in [0.5, 0.6) is 5.75 Å². The van der Waals surface area contributed by atoms with E-state index in [4.69, 9.17) is 10.8 Å². The van der Waals surface area contributed by atoms with E-state index in [2.05, 4.69) is 0 Å². The Morgan fingerprint density at radius 2 is 1.93 bits per heavy atom. The van der Waals surface area contributed by atoms with Crippen molar-refractivity contribution in [1.29, 1.82) is 0 Å². The molecule has 0 heterocycles. The van der Waals surface area contributed by atoms with Gasteiger partial charge in [-0.3, -0.25) is 0 Å². The first kappa shape index (κ1) is 11.0. The molecule has 0 aliphatic carbocycles. The van der Waals surface area contributed by atoms with Gasteiger partial charge < -0.3 is 15.9 Å². The van der Waals surface area contributed by atoms with Gasteiger partial charge >= 0.3 is 0 Å². The van der Waals surface area contributed by atoms with Crippen molar-refractivity contribution in [3.63, 3.8) is 0 Å². The van der Waals surface area contributed by atoms with E-state index >= 15 is 0 Å². The molecule has 0 fully saturated rings. The minimum Gasteiger partial charge on any atom is -0.508 e. The Morgan fingerprint density at radius 1 is 1.29 bits per heavy atom. The Bertz CT molecular complexity index is 323. The molecule has 0 aliphatic heterocycles. The maximum Gasteiger partial charge on any atom is 0.118 e. The average molecular weight is 195 g/mol. The first-order valence-corrected chi connectivity index (χ1v) is 4.72. The summed E-state index contributed by atoms with van der Waals surface area (Å²) in [6, 6.07) is 3.44. The second-order valence-electron chi connectivity index (χ2n) is 3.61. The minimum atomic E-state index is -0.153. The number of phenolic OH excluding ortho intramolecular Hbond substituents is 1. The molecule has 4 N–H and O–H groups in total. The Kier molecular flexibility index (Phi) is 3.49. The van der Waals surface area contributed by atoms with E-state index in [0.717, 1.165) is 16.7 Å². The molecule has 0 bridgehead atoms. The van der Waals surface area contributed by atoms with Crippen LogP contribution in [0, 0.1) is 13.8 Å². The predicted octanol–water partition coefficient (Wildman–Crippen LogP) is 1.39. The summed E-state index contributed by atoms with van der Waals surface area (Å²) in [4.78, 5) is 0. The van der Waals surface area contributed by atoms with Crippen molar-refractivity contribution < 1.29 is 10.2 Å². The number of nitrogens with two attached hydrogens (primary N) is 1. The average Bonchev–Trinajstić information content (AvgIpc) is 2.11. The Balaban J connectivity index is 3.02. The van der Waals surface area contributed by atoms with Gasteiger partial charge in [-0.1, -0.05) is 6.07 Å². The molecule has 1 aromatic rings. The van der Waals surface area contributed by atoms with Gasteiger partial charge in [0, 0.05) is 12.6 Å². The maximum atomic E-state index is 9.45. The molecule has 0 aliphatic rings. The summed E-state index contributed by atoms with van der Waals surface area (Å²) in [7, 11) is 0. The molecule has 1 atom stereocenters. The molecule has 3 heteroatoms. The van der Waals surface area contributed by atoms with Crippen LogP contribution in [0.25, 0.3) is 0 Å². The SMILES string of the molecule is Cc1cc(C(N)CCO)c(C)cc1O. The van der Waals surface area contributed by atoms with Crippen molar-refractivity contribution in [3.8, 4) is 5.75 Å². The normalized spacial score (nSPS) is 12.9. The highest BCUT2D eigenvalue weighted by Crippen LogP contribution is 2.25. The third kappa shape index (κ3) is 2.25. The maximum absolute atomic E-state index is 9.45. The summed E-state index contributed by atoms with van der Waals surface area (Å²) >= 11 is 0. The van der Waals surface area contributed by atoms with Crippen LogP contribution in [0.15, 0.2) is 12.1 Å². The monoisotopic (exact) mass is 195 g/mol. The summed E-state index contributed by atoms with van der Waals surface area (Å²) in [6.07, 6.45) is 0.547. The van der Waals surface area contributed by atoms with Crippen molar-refractivity contribution in [3.05, 3.63) is 28.8 Å². The van der Waals surface area contributed by atoms with E-state index in [-0.39, 0.29) is 12.6 Å². The number of rotatable bonds is 3. The number of aryl methyl sites for hydroxylation is 2. The summed E-state index contributed by atoms with van der Waals surface area (Å²) in [6.45, 7) is 3.83. The molecule has 3 nitrogen and oxygen atoms in total. The zero-order valence-corrected chi connectivity index (χ0v) is 8.62. The van der Waals surface area contributed by atoms with E-state index < -0.39 is 0 Å². The van der Waals surface area contributed by atoms with E-state index in [1.165, 1.54) is 0 Å². The quantitative estimate of drug-likeness (QED) is 0.682. The first-order valence-electron chi connectivity index (χ1n) is 4.72. The van der Waals surface area contributed by atoms with Crippen LogP contribution in [-0.2, 0) is 0 Å². The molecule has 0 saturated carbocycles. The van der Waals surface area contributed by atoms with Crippen molar-refractivity contribution in [2.45, 2.75) is 26.3 Å². The number of aromatic hydroxyl groups is 1. The molecule has 1 unspecified atom stereocenters. The van der Waals surface area contributed by atoms with Gasteiger partial charge in [0.25, 0.3) is 0 Å². The summed E-state index contributed by atoms with van der Waals surface area (Å²) in [5.74, 6) is 0.294. The fraction of sp³-hybridized carbons (Fsp3) is 0.455. The summed E-state index contributed by atoms with van der Waals surface area (Å²) in [5.41, 5.74) is 8.66. The predicted molar refractivity (Wildman–Crippen MR) is 56.2 cm³/mol. The smallest absolute Gasteiger partial charge is 0.118 e. The van der Waals surface area contributed by atoms with Gasteiger partial charge in [-0.2, -0.15) is 0 Å². The lowest BCUT2D eigenvalue weighted by atomic mass is 9.97. The van der Waals surface area contributed by atoms with Crippen LogP contribution >= 0.6 is 0 Å². The highest BCUT2D eigenvalue weighted by atomic mass is 16.3. The van der Waals surface area contributed by atoms with E-state index in [1.807, 2.05) is 19.9 Å². The second kappa shape index (κ2) is 4.44. The number of aliphatic hydroxyl groups is 1. The van der Waals surface area contributed by atoms with Gasteiger partial charge in [0.1, 0.15) is 5.75 Å². The molecule has 78 valence electrons. The third-order valence-electron chi connectivity index (χ3n) is 2.42. The van der Waals surface area contributed by atoms with Crippen LogP contribution in [0.3, 0.4) is 0 Å². The number of benzene rings is 1. The lowest BCUT2D eigenvalue weighted by molar-refractivity contribution is 0.276. The molecule has 0 aromatic heterocycles. The Labute approximate surface area is 84.2 Å². The van der Waals surface area contributed by atoms with Gasteiger partial charge in [0.2, 0.25) is 0 Å². The molecule has 14 heavy (non-hydrogen) atoms. The topological polar surface area (TPSA) is 66.5 Å². The van der Waals surface area contributed by atoms with Crippen LogP contribution in [0.4, 0.5) is 0 Å². The zero-order chi connectivity index (χ0) is 10.7. The number of hydrogen-bond donors (Lipinski definition) is 3. The minimum absolute atomic E-state index is 0.0839.